The van der Waals surface area contributed by atoms with Crippen molar-refractivity contribution in [3.63, 3.8) is 0 Å². The molecule has 0 aliphatic carbocycles. The Hall–Kier alpha value is -0.870. The van der Waals surface area contributed by atoms with Gasteiger partial charge in [0, 0.05) is 4.90 Å². The van der Waals surface area contributed by atoms with Crippen LogP contribution in [0.5, 0.6) is 0 Å². The van der Waals surface area contributed by atoms with Crippen LogP contribution in [0.1, 0.15) is 0 Å². The van der Waals surface area contributed by atoms with E-state index in [0.29, 0.717) is 0 Å². The Morgan fingerprint density at radius 2 is 1.92 bits per heavy atom. The SMILES string of the molecule is Sc1ccc(-c2cnns2)cc1. The molecular formula is C8H6N2S2. The van der Waals surface area contributed by atoms with Crippen LogP contribution in [0.4, 0.5) is 0 Å². The zero-order valence-electron chi connectivity index (χ0n) is 6.14. The van der Waals surface area contributed by atoms with E-state index in [-0.39, 0.29) is 0 Å². The van der Waals surface area contributed by atoms with Crippen molar-refractivity contribution < 1.29 is 0 Å². The van der Waals surface area contributed by atoms with Crippen molar-refractivity contribution in [1.29, 1.82) is 0 Å². The second-order valence-electron chi connectivity index (χ2n) is 2.33. The van der Waals surface area contributed by atoms with Crippen LogP contribution in [0.3, 0.4) is 0 Å². The molecule has 0 atom stereocenters. The van der Waals surface area contributed by atoms with Crippen LogP contribution in [0.15, 0.2) is 35.4 Å². The van der Waals surface area contributed by atoms with E-state index in [1.54, 1.807) is 6.20 Å². The number of aromatic nitrogens is 2. The van der Waals surface area contributed by atoms with Gasteiger partial charge in [-0.05, 0) is 29.2 Å². The third-order valence-electron chi connectivity index (χ3n) is 1.51. The van der Waals surface area contributed by atoms with Crippen LogP contribution in [-0.4, -0.2) is 9.59 Å². The minimum atomic E-state index is 0.969. The first-order valence-corrected chi connectivity index (χ1v) is 4.65. The molecule has 0 radical (unpaired) electrons. The van der Waals surface area contributed by atoms with Gasteiger partial charge in [0.25, 0.3) is 0 Å². The monoisotopic (exact) mass is 194 g/mol. The van der Waals surface area contributed by atoms with E-state index >= 15 is 0 Å². The van der Waals surface area contributed by atoms with Gasteiger partial charge in [0.1, 0.15) is 0 Å². The van der Waals surface area contributed by atoms with Gasteiger partial charge in [-0.25, -0.2) is 0 Å². The number of hydrogen-bond acceptors (Lipinski definition) is 4. The molecule has 2 nitrogen and oxygen atoms in total. The first kappa shape index (κ1) is 7.76. The van der Waals surface area contributed by atoms with E-state index in [1.807, 2.05) is 24.3 Å². The fourth-order valence-electron chi connectivity index (χ4n) is 0.920. The maximum Gasteiger partial charge on any atom is 0.0753 e. The Kier molecular flexibility index (Phi) is 2.10. The highest BCUT2D eigenvalue weighted by atomic mass is 32.1. The molecule has 0 aliphatic heterocycles. The first-order chi connectivity index (χ1) is 5.86. The molecule has 2 aromatic rings. The summed E-state index contributed by atoms with van der Waals surface area (Å²) >= 11 is 5.60. The summed E-state index contributed by atoms with van der Waals surface area (Å²) in [4.78, 5) is 2.06. The number of rotatable bonds is 1. The summed E-state index contributed by atoms with van der Waals surface area (Å²) < 4.78 is 3.79. The van der Waals surface area contributed by atoms with Crippen LogP contribution < -0.4 is 0 Å². The predicted molar refractivity (Wildman–Crippen MR) is 52.6 cm³/mol. The average molecular weight is 194 g/mol. The highest BCUT2D eigenvalue weighted by Crippen LogP contribution is 2.22. The lowest BCUT2D eigenvalue weighted by atomic mass is 10.2. The van der Waals surface area contributed by atoms with Crippen molar-refractivity contribution in [1.82, 2.24) is 9.59 Å². The van der Waals surface area contributed by atoms with Gasteiger partial charge in [-0.2, -0.15) is 0 Å². The molecule has 0 spiro atoms. The third kappa shape index (κ3) is 1.49. The lowest BCUT2D eigenvalue weighted by molar-refractivity contribution is 1.16. The van der Waals surface area contributed by atoms with Gasteiger partial charge in [-0.1, -0.05) is 16.6 Å². The van der Waals surface area contributed by atoms with Crippen molar-refractivity contribution in [2.75, 3.05) is 0 Å². The number of benzene rings is 1. The molecule has 0 aliphatic rings. The van der Waals surface area contributed by atoms with Crippen molar-refractivity contribution in [2.45, 2.75) is 4.90 Å². The fraction of sp³-hybridized carbons (Fsp3) is 0. The summed E-state index contributed by atoms with van der Waals surface area (Å²) in [5.41, 5.74) is 1.14. The summed E-state index contributed by atoms with van der Waals surface area (Å²) in [6.07, 6.45) is 1.76. The lowest BCUT2D eigenvalue weighted by Crippen LogP contribution is -1.70. The molecule has 1 heterocycles. The number of nitrogens with zero attached hydrogens (tertiary/aromatic N) is 2. The van der Waals surface area contributed by atoms with Crippen molar-refractivity contribution in [2.24, 2.45) is 0 Å². The summed E-state index contributed by atoms with van der Waals surface area (Å²) in [6.45, 7) is 0. The van der Waals surface area contributed by atoms with E-state index in [9.17, 15) is 0 Å². The summed E-state index contributed by atoms with van der Waals surface area (Å²) in [7, 11) is 0. The molecule has 0 bridgehead atoms. The van der Waals surface area contributed by atoms with Gasteiger partial charge >= 0.3 is 0 Å². The van der Waals surface area contributed by atoms with Crippen molar-refractivity contribution in [3.05, 3.63) is 30.5 Å². The third-order valence-corrected chi connectivity index (χ3v) is 2.53. The second-order valence-corrected chi connectivity index (χ2v) is 3.63. The number of hydrogen-bond donors (Lipinski definition) is 1. The average Bonchev–Trinajstić information content (AvgIpc) is 2.58. The van der Waals surface area contributed by atoms with E-state index in [2.05, 4.69) is 22.2 Å². The van der Waals surface area contributed by atoms with Crippen LogP contribution in [0.2, 0.25) is 0 Å². The van der Waals surface area contributed by atoms with Crippen LogP contribution in [0.25, 0.3) is 10.4 Å². The van der Waals surface area contributed by atoms with Gasteiger partial charge in [-0.3, -0.25) is 0 Å². The summed E-state index contributed by atoms with van der Waals surface area (Å²) in [5.74, 6) is 0. The maximum atomic E-state index is 4.20. The van der Waals surface area contributed by atoms with Crippen molar-refractivity contribution >= 4 is 24.2 Å². The minimum Gasteiger partial charge on any atom is -0.146 e. The predicted octanol–water partition coefficient (Wildman–Crippen LogP) is 2.49. The molecule has 60 valence electrons. The smallest absolute Gasteiger partial charge is 0.0753 e. The van der Waals surface area contributed by atoms with Gasteiger partial charge < -0.3 is 0 Å². The molecule has 0 N–H and O–H groups in total. The highest BCUT2D eigenvalue weighted by Gasteiger charge is 1.98. The Morgan fingerprint density at radius 3 is 2.50 bits per heavy atom. The molecule has 4 heteroatoms. The zero-order valence-corrected chi connectivity index (χ0v) is 7.85. The first-order valence-electron chi connectivity index (χ1n) is 3.43. The van der Waals surface area contributed by atoms with Crippen LogP contribution >= 0.6 is 24.2 Å². The molecule has 0 saturated heterocycles. The zero-order chi connectivity index (χ0) is 8.39. The molecule has 0 fully saturated rings. The second kappa shape index (κ2) is 3.25. The van der Waals surface area contributed by atoms with E-state index < -0.39 is 0 Å². The fourth-order valence-corrected chi connectivity index (χ4v) is 1.59. The highest BCUT2D eigenvalue weighted by molar-refractivity contribution is 7.80. The molecule has 0 unspecified atom stereocenters. The van der Waals surface area contributed by atoms with Gasteiger partial charge in [-0.15, -0.1) is 17.7 Å². The van der Waals surface area contributed by atoms with E-state index in [0.717, 1.165) is 15.3 Å². The van der Waals surface area contributed by atoms with Crippen molar-refractivity contribution in [3.8, 4) is 10.4 Å². The molecule has 1 aromatic heterocycles. The Morgan fingerprint density at radius 1 is 1.17 bits per heavy atom. The standard InChI is InChI=1S/C8H6N2S2/c11-7-3-1-6(2-4-7)8-5-9-10-12-8/h1-5,11H. The topological polar surface area (TPSA) is 25.8 Å². The van der Waals surface area contributed by atoms with E-state index in [1.165, 1.54) is 11.5 Å². The van der Waals surface area contributed by atoms with Gasteiger partial charge in [0.15, 0.2) is 0 Å². The quantitative estimate of drug-likeness (QED) is 0.706. The minimum absolute atomic E-state index is 0.969. The molecule has 2 rings (SSSR count). The molecule has 0 amide bonds. The van der Waals surface area contributed by atoms with E-state index in [4.69, 9.17) is 0 Å². The van der Waals surface area contributed by atoms with Gasteiger partial charge in [0.2, 0.25) is 0 Å². The molecule has 0 saturated carbocycles. The largest absolute Gasteiger partial charge is 0.146 e. The molecular weight excluding hydrogens is 188 g/mol. The normalized spacial score (nSPS) is 10.1. The molecule has 1 aromatic carbocycles. The summed E-state index contributed by atoms with van der Waals surface area (Å²) in [5, 5.41) is 3.77. The summed E-state index contributed by atoms with van der Waals surface area (Å²) in [6, 6.07) is 7.94. The number of thiol groups is 1. The van der Waals surface area contributed by atoms with Crippen LogP contribution in [0, 0.1) is 0 Å². The maximum absolute atomic E-state index is 4.20. The van der Waals surface area contributed by atoms with Gasteiger partial charge in [0.05, 0.1) is 11.1 Å². The Labute approximate surface area is 79.8 Å². The lowest BCUT2D eigenvalue weighted by Gasteiger charge is -1.94. The Balaban J connectivity index is 2.43. The van der Waals surface area contributed by atoms with Crippen LogP contribution in [-0.2, 0) is 0 Å². The molecule has 12 heavy (non-hydrogen) atoms. The Bertz CT molecular complexity index is 353.